The van der Waals surface area contributed by atoms with Gasteiger partial charge in [-0.25, -0.2) is 8.42 Å². The van der Waals surface area contributed by atoms with Crippen LogP contribution in [0.1, 0.15) is 24.5 Å². The first kappa shape index (κ1) is 20.8. The van der Waals surface area contributed by atoms with Gasteiger partial charge in [-0.2, -0.15) is 36.7 Å². The molecule has 0 radical (unpaired) electrons. The number of alkyl halides is 6. The van der Waals surface area contributed by atoms with Gasteiger partial charge in [-0.3, -0.25) is 5.43 Å². The van der Waals surface area contributed by atoms with Crippen LogP contribution in [0.15, 0.2) is 23.3 Å². The topological polar surface area (TPSA) is 82.3 Å². The van der Waals surface area contributed by atoms with Gasteiger partial charge in [0, 0.05) is 0 Å². The van der Waals surface area contributed by atoms with E-state index in [2.05, 4.69) is 5.10 Å². The summed E-state index contributed by atoms with van der Waals surface area (Å²) < 4.78 is 99.6. The lowest BCUT2D eigenvalue weighted by Gasteiger charge is -2.14. The number of anilines is 1. The van der Waals surface area contributed by atoms with Crippen molar-refractivity contribution in [1.29, 1.82) is 5.26 Å². The minimum atomic E-state index is -5.06. The first-order valence-corrected chi connectivity index (χ1v) is 8.22. The van der Waals surface area contributed by atoms with E-state index in [0.717, 1.165) is 0 Å². The summed E-state index contributed by atoms with van der Waals surface area (Å²) in [5, 5.41) is 10.9. The standard InChI is InChI=1S/C13H11F6N3O2S/c1-2-3-25(23,24)11(7-20)22-21-10-5-8(12(14,15)16)4-9(6-10)13(17,18)19/h4-6,21H,2-3H2,1H3/b22-11+. The zero-order valence-electron chi connectivity index (χ0n) is 12.5. The van der Waals surface area contributed by atoms with Gasteiger partial charge >= 0.3 is 12.4 Å². The second kappa shape index (κ2) is 7.30. The molecule has 0 heterocycles. The van der Waals surface area contributed by atoms with E-state index in [1.54, 1.807) is 5.43 Å². The molecule has 0 aromatic heterocycles. The lowest BCUT2D eigenvalue weighted by atomic mass is 10.1. The SMILES string of the molecule is CCCS(=O)(=O)/C(C#N)=N/Nc1cc(C(F)(F)F)cc(C(F)(F)F)c1. The molecule has 0 spiro atoms. The van der Waals surface area contributed by atoms with Gasteiger partial charge in [0.15, 0.2) is 0 Å². The number of rotatable bonds is 4. The number of nitriles is 1. The van der Waals surface area contributed by atoms with Crippen LogP contribution in [0.25, 0.3) is 0 Å². The normalized spacial score (nSPS) is 13.4. The Bertz CT molecular complexity index is 774. The van der Waals surface area contributed by atoms with Crippen LogP contribution in [0.3, 0.4) is 0 Å². The molecule has 0 saturated heterocycles. The second-order valence-electron chi connectivity index (χ2n) is 4.75. The Morgan fingerprint density at radius 3 is 1.96 bits per heavy atom. The maximum atomic E-state index is 12.7. The van der Waals surface area contributed by atoms with Gasteiger partial charge in [0.25, 0.3) is 5.04 Å². The molecule has 1 aromatic rings. The Morgan fingerprint density at radius 1 is 1.12 bits per heavy atom. The molecule has 1 aromatic carbocycles. The van der Waals surface area contributed by atoms with Crippen molar-refractivity contribution >= 4 is 20.6 Å². The molecular formula is C13H11F6N3O2S. The Hall–Kier alpha value is -2.29. The summed E-state index contributed by atoms with van der Waals surface area (Å²) in [4.78, 5) is 0. The molecule has 138 valence electrons. The number of hydrogen-bond donors (Lipinski definition) is 1. The molecule has 0 aliphatic carbocycles. The van der Waals surface area contributed by atoms with Crippen LogP contribution >= 0.6 is 0 Å². The van der Waals surface area contributed by atoms with Crippen molar-refractivity contribution in [1.82, 2.24) is 0 Å². The smallest absolute Gasteiger partial charge is 0.277 e. The highest BCUT2D eigenvalue weighted by atomic mass is 32.2. The molecular weight excluding hydrogens is 376 g/mol. The van der Waals surface area contributed by atoms with Gasteiger partial charge in [0.05, 0.1) is 22.6 Å². The molecule has 0 aliphatic heterocycles. The molecule has 5 nitrogen and oxygen atoms in total. The predicted molar refractivity (Wildman–Crippen MR) is 77.2 cm³/mol. The van der Waals surface area contributed by atoms with Crippen molar-refractivity contribution in [3.05, 3.63) is 29.3 Å². The van der Waals surface area contributed by atoms with E-state index in [4.69, 9.17) is 5.26 Å². The Balaban J connectivity index is 3.34. The first-order chi connectivity index (χ1) is 11.3. The van der Waals surface area contributed by atoms with Crippen LogP contribution in [0.5, 0.6) is 0 Å². The fourth-order valence-corrected chi connectivity index (χ4v) is 2.72. The molecule has 0 aliphatic rings. The lowest BCUT2D eigenvalue weighted by molar-refractivity contribution is -0.143. The summed E-state index contributed by atoms with van der Waals surface area (Å²) in [5.41, 5.74) is -2.19. The molecule has 0 saturated carbocycles. The van der Waals surface area contributed by atoms with Crippen LogP contribution in [0, 0.1) is 11.3 Å². The fraction of sp³-hybridized carbons (Fsp3) is 0.385. The van der Waals surface area contributed by atoms with Gasteiger partial charge in [-0.15, -0.1) is 0 Å². The summed E-state index contributed by atoms with van der Waals surface area (Å²) in [7, 11) is -4.09. The molecule has 12 heteroatoms. The molecule has 0 amide bonds. The molecule has 0 bridgehead atoms. The van der Waals surface area contributed by atoms with E-state index in [1.807, 2.05) is 0 Å². The van der Waals surface area contributed by atoms with Crippen LogP contribution < -0.4 is 5.43 Å². The van der Waals surface area contributed by atoms with Crippen LogP contribution in [-0.4, -0.2) is 19.2 Å². The Kier molecular flexibility index (Phi) is 6.06. The largest absolute Gasteiger partial charge is 0.416 e. The third-order valence-electron chi connectivity index (χ3n) is 2.74. The maximum absolute atomic E-state index is 12.7. The molecule has 25 heavy (non-hydrogen) atoms. The fourth-order valence-electron chi connectivity index (χ4n) is 1.66. The van der Waals surface area contributed by atoms with Crippen molar-refractivity contribution in [3.8, 4) is 6.07 Å². The summed E-state index contributed by atoms with van der Waals surface area (Å²) >= 11 is 0. The van der Waals surface area contributed by atoms with Crippen molar-refractivity contribution in [2.75, 3.05) is 11.2 Å². The average Bonchev–Trinajstić information content (AvgIpc) is 2.45. The van der Waals surface area contributed by atoms with Gasteiger partial charge in [0.1, 0.15) is 6.07 Å². The highest BCUT2D eigenvalue weighted by Gasteiger charge is 2.37. The number of benzene rings is 1. The molecule has 0 atom stereocenters. The third-order valence-corrected chi connectivity index (χ3v) is 4.45. The number of nitrogens with one attached hydrogen (secondary N) is 1. The molecule has 0 fully saturated rings. The second-order valence-corrected chi connectivity index (χ2v) is 6.78. The predicted octanol–water partition coefficient (Wildman–Crippen LogP) is 3.80. The number of hydrogen-bond acceptors (Lipinski definition) is 5. The van der Waals surface area contributed by atoms with E-state index in [1.165, 1.54) is 13.0 Å². The van der Waals surface area contributed by atoms with Crippen molar-refractivity contribution < 1.29 is 34.8 Å². The summed E-state index contributed by atoms with van der Waals surface area (Å²) in [6.07, 6.45) is -9.98. The quantitative estimate of drug-likeness (QED) is 0.369. The van der Waals surface area contributed by atoms with Crippen molar-refractivity contribution in [2.45, 2.75) is 25.7 Å². The zero-order valence-corrected chi connectivity index (χ0v) is 13.3. The third kappa shape index (κ3) is 5.63. The summed E-state index contributed by atoms with van der Waals surface area (Å²) in [6, 6.07) is 1.79. The number of sulfone groups is 1. The minimum Gasteiger partial charge on any atom is -0.277 e. The van der Waals surface area contributed by atoms with E-state index in [9.17, 15) is 34.8 Å². The van der Waals surface area contributed by atoms with Crippen molar-refractivity contribution in [2.24, 2.45) is 5.10 Å². The molecule has 0 unspecified atom stereocenters. The average molecular weight is 387 g/mol. The van der Waals surface area contributed by atoms with E-state index in [-0.39, 0.29) is 12.5 Å². The van der Waals surface area contributed by atoms with Gasteiger partial charge < -0.3 is 0 Å². The first-order valence-electron chi connectivity index (χ1n) is 6.57. The van der Waals surface area contributed by atoms with Gasteiger partial charge in [-0.05, 0) is 24.6 Å². The monoisotopic (exact) mass is 387 g/mol. The number of hydrazone groups is 1. The molecule has 1 rings (SSSR count). The Morgan fingerprint density at radius 2 is 1.60 bits per heavy atom. The van der Waals surface area contributed by atoms with Crippen LogP contribution in [0.4, 0.5) is 32.0 Å². The van der Waals surface area contributed by atoms with Crippen LogP contribution in [-0.2, 0) is 22.2 Å². The summed E-state index contributed by atoms with van der Waals surface area (Å²) in [5.74, 6) is -0.447. The zero-order chi connectivity index (χ0) is 19.5. The van der Waals surface area contributed by atoms with E-state index < -0.39 is 49.8 Å². The molecule has 1 N–H and O–H groups in total. The Labute approximate surface area is 138 Å². The van der Waals surface area contributed by atoms with Crippen molar-refractivity contribution in [3.63, 3.8) is 0 Å². The van der Waals surface area contributed by atoms with Gasteiger partial charge in [0.2, 0.25) is 9.84 Å². The number of nitrogens with zero attached hydrogens (tertiary/aromatic N) is 2. The van der Waals surface area contributed by atoms with E-state index >= 15 is 0 Å². The highest BCUT2D eigenvalue weighted by Crippen LogP contribution is 2.37. The number of halogens is 6. The highest BCUT2D eigenvalue weighted by molar-refractivity contribution is 8.07. The lowest BCUT2D eigenvalue weighted by Crippen LogP contribution is -2.18. The maximum Gasteiger partial charge on any atom is 0.416 e. The van der Waals surface area contributed by atoms with Crippen LogP contribution in [0.2, 0.25) is 0 Å². The van der Waals surface area contributed by atoms with Gasteiger partial charge in [-0.1, -0.05) is 6.92 Å². The summed E-state index contributed by atoms with van der Waals surface area (Å²) in [6.45, 7) is 1.50. The van der Waals surface area contributed by atoms with E-state index in [0.29, 0.717) is 12.1 Å². The minimum absolute atomic E-state index is 0.0894.